The first kappa shape index (κ1) is 17.0. The molecule has 0 spiro atoms. The Labute approximate surface area is 136 Å². The Morgan fingerprint density at radius 1 is 1.05 bits per heavy atom. The second-order valence-electron chi connectivity index (χ2n) is 8.81. The molecule has 0 bridgehead atoms. The quantitative estimate of drug-likeness (QED) is 0.627. The van der Waals surface area contributed by atoms with Gasteiger partial charge in [-0.3, -0.25) is 0 Å². The van der Waals surface area contributed by atoms with Gasteiger partial charge in [0.1, 0.15) is 7.05 Å². The van der Waals surface area contributed by atoms with Gasteiger partial charge in [0.2, 0.25) is 5.69 Å². The molecule has 1 aliphatic rings. The molecule has 0 fully saturated rings. The van der Waals surface area contributed by atoms with E-state index in [1.54, 1.807) is 0 Å². The van der Waals surface area contributed by atoms with Crippen molar-refractivity contribution in [1.29, 1.82) is 0 Å². The van der Waals surface area contributed by atoms with Crippen LogP contribution in [-0.4, -0.2) is 0 Å². The fourth-order valence-corrected chi connectivity index (χ4v) is 2.97. The smallest absolute Gasteiger partial charge is 0.201 e. The van der Waals surface area contributed by atoms with Crippen molar-refractivity contribution in [2.45, 2.75) is 60.3 Å². The maximum Gasteiger partial charge on any atom is 0.208 e. The van der Waals surface area contributed by atoms with E-state index in [2.05, 4.69) is 90.6 Å². The van der Waals surface area contributed by atoms with Crippen molar-refractivity contribution >= 4 is 5.57 Å². The predicted octanol–water partition coefficient (Wildman–Crippen LogP) is 5.20. The second-order valence-corrected chi connectivity index (χ2v) is 8.81. The topological polar surface area (TPSA) is 3.88 Å². The molecule has 0 amide bonds. The Morgan fingerprint density at radius 3 is 2.23 bits per heavy atom. The van der Waals surface area contributed by atoms with E-state index < -0.39 is 0 Å². The van der Waals surface area contributed by atoms with Crippen LogP contribution in [0.4, 0.5) is 0 Å². The maximum atomic E-state index is 2.43. The number of hydrogen-bond donors (Lipinski definition) is 0. The molecular weight excluding hydrogens is 266 g/mol. The van der Waals surface area contributed by atoms with Crippen LogP contribution in [-0.2, 0) is 12.5 Å². The molecule has 1 aliphatic carbocycles. The highest BCUT2D eigenvalue weighted by atomic mass is 14.9. The summed E-state index contributed by atoms with van der Waals surface area (Å²) in [6.07, 6.45) is 8.19. The van der Waals surface area contributed by atoms with Crippen molar-refractivity contribution in [3.8, 4) is 0 Å². The van der Waals surface area contributed by atoms with E-state index in [1.807, 2.05) is 0 Å². The Kier molecular flexibility index (Phi) is 4.39. The molecule has 0 unspecified atom stereocenters. The highest BCUT2D eigenvalue weighted by Crippen LogP contribution is 2.37. The fourth-order valence-electron chi connectivity index (χ4n) is 2.97. The number of pyridine rings is 1. The normalized spacial score (nSPS) is 19.7. The fraction of sp³-hybridized carbons (Fsp3) is 0.571. The molecule has 22 heavy (non-hydrogen) atoms. The molecule has 1 heteroatoms. The van der Waals surface area contributed by atoms with Crippen LogP contribution < -0.4 is 4.57 Å². The molecule has 1 aromatic rings. The van der Waals surface area contributed by atoms with E-state index in [0.717, 1.165) is 6.42 Å². The first-order valence-electron chi connectivity index (χ1n) is 8.43. The zero-order chi connectivity index (χ0) is 16.7. The summed E-state index contributed by atoms with van der Waals surface area (Å²) in [5.41, 5.74) is 6.09. The van der Waals surface area contributed by atoms with Crippen molar-refractivity contribution in [3.05, 3.63) is 47.3 Å². The van der Waals surface area contributed by atoms with Crippen molar-refractivity contribution in [2.75, 3.05) is 0 Å². The lowest BCUT2D eigenvalue weighted by atomic mass is 9.77. The molecular formula is C21H32N+. The molecule has 1 heterocycles. The van der Waals surface area contributed by atoms with Crippen molar-refractivity contribution in [1.82, 2.24) is 0 Å². The minimum absolute atomic E-state index is 0.185. The summed E-state index contributed by atoms with van der Waals surface area (Å²) < 4.78 is 2.27. The van der Waals surface area contributed by atoms with Gasteiger partial charge < -0.3 is 0 Å². The van der Waals surface area contributed by atoms with Gasteiger partial charge in [-0.25, -0.2) is 4.57 Å². The Hall–Kier alpha value is -1.37. The summed E-state index contributed by atoms with van der Waals surface area (Å²) in [4.78, 5) is 0. The Morgan fingerprint density at radius 2 is 1.68 bits per heavy atom. The van der Waals surface area contributed by atoms with E-state index in [-0.39, 0.29) is 10.8 Å². The standard InChI is InChI=1S/C21H32N/c1-15-9-10-16(20(2,3)4)13-18(15)19-14-17(21(5,6)7)11-12-22(19)8/h10-15H,9H2,1-8H3/q+1/t15-/m1/s1. The van der Waals surface area contributed by atoms with E-state index in [4.69, 9.17) is 0 Å². The van der Waals surface area contributed by atoms with Crippen molar-refractivity contribution in [2.24, 2.45) is 18.4 Å². The van der Waals surface area contributed by atoms with Crippen LogP contribution in [0.25, 0.3) is 5.57 Å². The van der Waals surface area contributed by atoms with Crippen LogP contribution in [0.3, 0.4) is 0 Å². The van der Waals surface area contributed by atoms with Gasteiger partial charge in [0, 0.05) is 17.7 Å². The predicted molar refractivity (Wildman–Crippen MR) is 95.6 cm³/mol. The van der Waals surface area contributed by atoms with Crippen LogP contribution in [0.2, 0.25) is 0 Å². The van der Waals surface area contributed by atoms with E-state index in [0.29, 0.717) is 5.92 Å². The van der Waals surface area contributed by atoms with Gasteiger partial charge in [0.25, 0.3) is 0 Å². The van der Waals surface area contributed by atoms with Gasteiger partial charge in [-0.2, -0.15) is 0 Å². The zero-order valence-electron chi connectivity index (χ0n) is 15.6. The van der Waals surface area contributed by atoms with Crippen molar-refractivity contribution < 1.29 is 4.57 Å². The number of aryl methyl sites for hydroxylation is 1. The first-order valence-corrected chi connectivity index (χ1v) is 8.43. The number of nitrogens with zero attached hydrogens (tertiary/aromatic N) is 1. The Balaban J connectivity index is 2.54. The second kappa shape index (κ2) is 5.68. The van der Waals surface area contributed by atoms with E-state index in [1.165, 1.54) is 22.4 Å². The number of hydrogen-bond acceptors (Lipinski definition) is 0. The third kappa shape index (κ3) is 3.51. The monoisotopic (exact) mass is 298 g/mol. The molecule has 0 saturated heterocycles. The third-order valence-electron chi connectivity index (χ3n) is 4.71. The maximum absolute atomic E-state index is 2.43. The summed E-state index contributed by atoms with van der Waals surface area (Å²) in [7, 11) is 2.16. The van der Waals surface area contributed by atoms with Crippen molar-refractivity contribution in [3.63, 3.8) is 0 Å². The van der Waals surface area contributed by atoms with E-state index in [9.17, 15) is 0 Å². The molecule has 0 saturated carbocycles. The largest absolute Gasteiger partial charge is 0.208 e. The van der Waals surface area contributed by atoms with Crippen LogP contribution in [0.15, 0.2) is 36.1 Å². The average Bonchev–Trinajstić information content (AvgIpc) is 2.37. The molecule has 2 rings (SSSR count). The first-order chi connectivity index (χ1) is 10.00. The van der Waals surface area contributed by atoms with E-state index >= 15 is 0 Å². The average molecular weight is 298 g/mol. The highest BCUT2D eigenvalue weighted by Gasteiger charge is 2.27. The Bertz CT molecular complexity index is 618. The lowest BCUT2D eigenvalue weighted by Crippen LogP contribution is -2.35. The van der Waals surface area contributed by atoms with Gasteiger partial charge in [0.15, 0.2) is 6.20 Å². The summed E-state index contributed by atoms with van der Waals surface area (Å²) in [6.45, 7) is 16.1. The number of allylic oxidation sites excluding steroid dienone is 4. The molecule has 0 radical (unpaired) electrons. The summed E-state index contributed by atoms with van der Waals surface area (Å²) in [5.74, 6) is 0.576. The highest BCUT2D eigenvalue weighted by molar-refractivity contribution is 5.68. The van der Waals surface area contributed by atoms with Crippen LogP contribution in [0.1, 0.15) is 66.1 Å². The summed E-state index contributed by atoms with van der Waals surface area (Å²) >= 11 is 0. The van der Waals surface area contributed by atoms with Gasteiger partial charge in [-0.05, 0) is 40.4 Å². The molecule has 1 atom stereocenters. The summed E-state index contributed by atoms with van der Waals surface area (Å²) in [5, 5.41) is 0. The molecule has 120 valence electrons. The number of aromatic nitrogens is 1. The molecule has 0 aromatic carbocycles. The zero-order valence-corrected chi connectivity index (χ0v) is 15.6. The van der Waals surface area contributed by atoms with Crippen LogP contribution >= 0.6 is 0 Å². The third-order valence-corrected chi connectivity index (χ3v) is 4.71. The molecule has 0 N–H and O–H groups in total. The molecule has 1 aromatic heterocycles. The SMILES string of the molecule is C[C@@H]1CC=C(C(C)(C)C)C=C1c1cc(C(C)(C)C)cc[n+]1C. The lowest BCUT2D eigenvalue weighted by molar-refractivity contribution is -0.674. The molecule has 1 nitrogen and oxygen atoms in total. The minimum Gasteiger partial charge on any atom is -0.201 e. The van der Waals surface area contributed by atoms with Gasteiger partial charge in [-0.15, -0.1) is 0 Å². The van der Waals surface area contributed by atoms with Gasteiger partial charge >= 0.3 is 0 Å². The lowest BCUT2D eigenvalue weighted by Gasteiger charge is -2.27. The molecule has 0 aliphatic heterocycles. The van der Waals surface area contributed by atoms with Crippen LogP contribution in [0, 0.1) is 11.3 Å². The van der Waals surface area contributed by atoms with Gasteiger partial charge in [0.05, 0.1) is 0 Å². The number of rotatable bonds is 1. The minimum atomic E-state index is 0.185. The van der Waals surface area contributed by atoms with Crippen LogP contribution in [0.5, 0.6) is 0 Å². The summed E-state index contributed by atoms with van der Waals surface area (Å²) in [6, 6.07) is 4.63. The van der Waals surface area contributed by atoms with Gasteiger partial charge in [-0.1, -0.05) is 54.5 Å².